The first-order chi connectivity index (χ1) is 13.4. The number of aromatic nitrogens is 2. The van der Waals surface area contributed by atoms with Crippen molar-refractivity contribution in [3.05, 3.63) is 52.9 Å². The molecular weight excluding hydrogens is 374 g/mol. The van der Waals surface area contributed by atoms with Crippen LogP contribution >= 0.6 is 11.6 Å². The molecule has 1 aromatic carbocycles. The van der Waals surface area contributed by atoms with Crippen molar-refractivity contribution in [2.75, 3.05) is 45.2 Å². The van der Waals surface area contributed by atoms with E-state index in [-0.39, 0.29) is 5.91 Å². The highest BCUT2D eigenvalue weighted by molar-refractivity contribution is 6.30. The van der Waals surface area contributed by atoms with Crippen LogP contribution in [-0.2, 0) is 17.8 Å². The summed E-state index contributed by atoms with van der Waals surface area (Å²) in [6.45, 7) is 5.81. The average molecular weight is 402 g/mol. The molecule has 1 aliphatic rings. The quantitative estimate of drug-likeness (QED) is 0.771. The molecule has 0 unspecified atom stereocenters. The standard InChI is InChI=1S/C21H28ClN5O/c1-16(28)27-9-8-26(12-17-4-6-19(22)7-5-17)13-18(14-27)10-20-11-21(25(2)3)24-15-23-20/h4-7,11,15,18H,8-10,12-14H2,1-3H3/t18-/m0/s1. The predicted octanol–water partition coefficient (Wildman–Crippen LogP) is 2.72. The molecule has 0 aliphatic carbocycles. The number of hydrogen-bond donors (Lipinski definition) is 0. The van der Waals surface area contributed by atoms with Crippen LogP contribution in [-0.4, -0.2) is 65.9 Å². The minimum absolute atomic E-state index is 0.134. The van der Waals surface area contributed by atoms with Crippen molar-refractivity contribution in [2.45, 2.75) is 19.9 Å². The summed E-state index contributed by atoms with van der Waals surface area (Å²) < 4.78 is 0. The average Bonchev–Trinajstić information content (AvgIpc) is 2.86. The van der Waals surface area contributed by atoms with Gasteiger partial charge in [-0.25, -0.2) is 9.97 Å². The van der Waals surface area contributed by atoms with Crippen molar-refractivity contribution in [3.63, 3.8) is 0 Å². The smallest absolute Gasteiger partial charge is 0.219 e. The Kier molecular flexibility index (Phi) is 6.86. The van der Waals surface area contributed by atoms with E-state index in [0.717, 1.165) is 55.7 Å². The molecule has 0 bridgehead atoms. The Labute approximate surface area is 172 Å². The molecule has 0 N–H and O–H groups in total. The number of halogens is 1. The van der Waals surface area contributed by atoms with Crippen molar-refractivity contribution in [1.82, 2.24) is 19.8 Å². The fourth-order valence-corrected chi connectivity index (χ4v) is 3.75. The Morgan fingerprint density at radius 3 is 2.61 bits per heavy atom. The second kappa shape index (κ2) is 9.34. The molecule has 2 heterocycles. The Morgan fingerprint density at radius 1 is 1.18 bits per heavy atom. The van der Waals surface area contributed by atoms with Gasteiger partial charge in [0.1, 0.15) is 12.1 Å². The van der Waals surface area contributed by atoms with Gasteiger partial charge in [0.05, 0.1) is 0 Å². The Hall–Kier alpha value is -2.18. The van der Waals surface area contributed by atoms with Crippen LogP contribution < -0.4 is 4.90 Å². The molecule has 0 saturated carbocycles. The van der Waals surface area contributed by atoms with Crippen LogP contribution in [0.1, 0.15) is 18.2 Å². The lowest BCUT2D eigenvalue weighted by Gasteiger charge is -2.24. The number of rotatable bonds is 5. The highest BCUT2D eigenvalue weighted by Gasteiger charge is 2.25. The van der Waals surface area contributed by atoms with Crippen LogP contribution in [0.3, 0.4) is 0 Å². The van der Waals surface area contributed by atoms with Gasteiger partial charge < -0.3 is 9.80 Å². The van der Waals surface area contributed by atoms with E-state index in [1.54, 1.807) is 13.3 Å². The molecule has 0 spiro atoms. The maximum absolute atomic E-state index is 12.1. The Bertz CT molecular complexity index is 796. The first-order valence-electron chi connectivity index (χ1n) is 9.61. The van der Waals surface area contributed by atoms with Crippen LogP contribution in [0.15, 0.2) is 36.7 Å². The molecule has 1 saturated heterocycles. The minimum Gasteiger partial charge on any atom is -0.363 e. The van der Waals surface area contributed by atoms with Gasteiger partial charge in [0.2, 0.25) is 5.91 Å². The monoisotopic (exact) mass is 401 g/mol. The number of nitrogens with zero attached hydrogens (tertiary/aromatic N) is 5. The van der Waals surface area contributed by atoms with E-state index < -0.39 is 0 Å². The van der Waals surface area contributed by atoms with Gasteiger partial charge in [-0.2, -0.15) is 0 Å². The van der Waals surface area contributed by atoms with Crippen LogP contribution in [0.2, 0.25) is 5.02 Å². The molecule has 0 radical (unpaired) electrons. The van der Waals surface area contributed by atoms with Crippen molar-refractivity contribution in [3.8, 4) is 0 Å². The zero-order valence-corrected chi connectivity index (χ0v) is 17.6. The summed E-state index contributed by atoms with van der Waals surface area (Å²) in [5, 5.41) is 0.751. The van der Waals surface area contributed by atoms with E-state index in [4.69, 9.17) is 11.6 Å². The highest BCUT2D eigenvalue weighted by atomic mass is 35.5. The molecule has 1 fully saturated rings. The van der Waals surface area contributed by atoms with Crippen LogP contribution in [0, 0.1) is 5.92 Å². The lowest BCUT2D eigenvalue weighted by atomic mass is 10.0. The van der Waals surface area contributed by atoms with Crippen LogP contribution in [0.4, 0.5) is 5.82 Å². The van der Waals surface area contributed by atoms with Gasteiger partial charge in [0.25, 0.3) is 0 Å². The van der Waals surface area contributed by atoms with E-state index in [2.05, 4.69) is 27.0 Å². The van der Waals surface area contributed by atoms with Crippen molar-refractivity contribution in [2.24, 2.45) is 5.92 Å². The Morgan fingerprint density at radius 2 is 1.93 bits per heavy atom. The molecule has 1 aromatic heterocycles. The SMILES string of the molecule is CC(=O)N1CCN(Cc2ccc(Cl)cc2)C[C@H](Cc2cc(N(C)C)ncn2)C1. The molecule has 3 rings (SSSR count). The normalized spacial score (nSPS) is 18.0. The van der Waals surface area contributed by atoms with Crippen LogP contribution in [0.5, 0.6) is 0 Å². The third kappa shape index (κ3) is 5.66. The summed E-state index contributed by atoms with van der Waals surface area (Å²) in [4.78, 5) is 27.2. The maximum Gasteiger partial charge on any atom is 0.219 e. The highest BCUT2D eigenvalue weighted by Crippen LogP contribution is 2.19. The summed E-state index contributed by atoms with van der Waals surface area (Å²) >= 11 is 6.01. The first-order valence-corrected chi connectivity index (χ1v) is 9.99. The van der Waals surface area contributed by atoms with Crippen molar-refractivity contribution >= 4 is 23.3 Å². The lowest BCUT2D eigenvalue weighted by Crippen LogP contribution is -2.34. The predicted molar refractivity (Wildman–Crippen MR) is 113 cm³/mol. The zero-order valence-electron chi connectivity index (χ0n) is 16.8. The second-order valence-corrected chi connectivity index (χ2v) is 8.10. The van der Waals surface area contributed by atoms with Crippen molar-refractivity contribution < 1.29 is 4.79 Å². The molecule has 1 atom stereocenters. The summed E-state index contributed by atoms with van der Waals surface area (Å²) in [6, 6.07) is 10.0. The fourth-order valence-electron chi connectivity index (χ4n) is 3.62. The minimum atomic E-state index is 0.134. The van der Waals surface area contributed by atoms with Crippen molar-refractivity contribution in [1.29, 1.82) is 0 Å². The van der Waals surface area contributed by atoms with Gasteiger partial charge in [-0.3, -0.25) is 9.69 Å². The third-order valence-electron chi connectivity index (χ3n) is 5.11. The second-order valence-electron chi connectivity index (χ2n) is 7.66. The number of benzene rings is 1. The number of hydrogen-bond acceptors (Lipinski definition) is 5. The summed E-state index contributed by atoms with van der Waals surface area (Å²) in [5.41, 5.74) is 2.25. The van der Waals surface area contributed by atoms with E-state index in [1.165, 1.54) is 5.56 Å². The third-order valence-corrected chi connectivity index (χ3v) is 5.36. The molecule has 28 heavy (non-hydrogen) atoms. The van der Waals surface area contributed by atoms with Gasteiger partial charge in [0, 0.05) is 70.5 Å². The maximum atomic E-state index is 12.1. The van der Waals surface area contributed by atoms with E-state index in [1.807, 2.05) is 42.1 Å². The molecule has 1 aliphatic heterocycles. The first kappa shape index (κ1) is 20.6. The summed E-state index contributed by atoms with van der Waals surface area (Å²) in [5.74, 6) is 1.36. The molecule has 1 amide bonds. The molecule has 150 valence electrons. The van der Waals surface area contributed by atoms with Gasteiger partial charge in [-0.15, -0.1) is 0 Å². The summed E-state index contributed by atoms with van der Waals surface area (Å²) in [6.07, 6.45) is 2.44. The summed E-state index contributed by atoms with van der Waals surface area (Å²) in [7, 11) is 3.95. The Balaban J connectivity index is 1.73. The van der Waals surface area contributed by atoms with E-state index >= 15 is 0 Å². The largest absolute Gasteiger partial charge is 0.363 e. The fraction of sp³-hybridized carbons (Fsp3) is 0.476. The number of carbonyl (C=O) groups excluding carboxylic acids is 1. The van der Waals surface area contributed by atoms with Gasteiger partial charge >= 0.3 is 0 Å². The molecular formula is C21H28ClN5O. The zero-order chi connectivity index (χ0) is 20.1. The van der Waals surface area contributed by atoms with Gasteiger partial charge in [0.15, 0.2) is 0 Å². The van der Waals surface area contributed by atoms with E-state index in [0.29, 0.717) is 5.92 Å². The number of amides is 1. The van der Waals surface area contributed by atoms with Crippen LogP contribution in [0.25, 0.3) is 0 Å². The molecule has 7 heteroatoms. The number of anilines is 1. The van der Waals surface area contributed by atoms with Gasteiger partial charge in [-0.1, -0.05) is 23.7 Å². The number of carbonyl (C=O) groups is 1. The lowest BCUT2D eigenvalue weighted by molar-refractivity contribution is -0.129. The molecule has 6 nitrogen and oxygen atoms in total. The van der Waals surface area contributed by atoms with E-state index in [9.17, 15) is 4.79 Å². The van der Waals surface area contributed by atoms with Gasteiger partial charge in [-0.05, 0) is 30.0 Å². The topological polar surface area (TPSA) is 52.6 Å². The molecule has 2 aromatic rings.